The number of hydrogen-bond donors (Lipinski definition) is 0. The molecule has 1 fully saturated rings. The Morgan fingerprint density at radius 2 is 1.51 bits per heavy atom. The van der Waals surface area contributed by atoms with E-state index in [1.807, 2.05) is 36.4 Å². The topological polar surface area (TPSA) is 0 Å². The van der Waals surface area contributed by atoms with E-state index in [0.29, 0.717) is 11.1 Å². The van der Waals surface area contributed by atoms with Crippen molar-refractivity contribution in [3.63, 3.8) is 0 Å². The molecule has 3 heteroatoms. The van der Waals surface area contributed by atoms with Crippen LogP contribution in [0, 0.1) is 23.4 Å². The van der Waals surface area contributed by atoms with Gasteiger partial charge in [-0.3, -0.25) is 0 Å². The minimum Gasteiger partial charge on any atom is -0.206 e. The average Bonchev–Trinajstić information content (AvgIpc) is 2.91. The summed E-state index contributed by atoms with van der Waals surface area (Å²) in [5.74, 6) is -0.853. The lowest BCUT2D eigenvalue weighted by molar-refractivity contribution is 0.303. The molecule has 0 amide bonds. The first-order valence-electron chi connectivity index (χ1n) is 14.0. The van der Waals surface area contributed by atoms with Crippen LogP contribution in [-0.4, -0.2) is 0 Å². The van der Waals surface area contributed by atoms with Gasteiger partial charge < -0.3 is 0 Å². The first-order chi connectivity index (χ1) is 18.0. The summed E-state index contributed by atoms with van der Waals surface area (Å²) in [5, 5.41) is 0. The van der Waals surface area contributed by atoms with Crippen LogP contribution < -0.4 is 0 Å². The zero-order valence-electron chi connectivity index (χ0n) is 22.2. The van der Waals surface area contributed by atoms with E-state index in [2.05, 4.69) is 13.8 Å². The largest absolute Gasteiger partial charge is 0.206 e. The van der Waals surface area contributed by atoms with Gasteiger partial charge >= 0.3 is 0 Å². The molecule has 1 aliphatic rings. The molecule has 0 atom stereocenters. The van der Waals surface area contributed by atoms with Crippen LogP contribution in [0.5, 0.6) is 0 Å². The summed E-state index contributed by atoms with van der Waals surface area (Å²) in [4.78, 5) is 0. The molecule has 196 valence electrons. The smallest absolute Gasteiger partial charge is 0.166 e. The zero-order valence-corrected chi connectivity index (χ0v) is 22.2. The molecule has 3 aromatic carbocycles. The zero-order chi connectivity index (χ0) is 26.2. The Kier molecular flexibility index (Phi) is 9.66. The van der Waals surface area contributed by atoms with Gasteiger partial charge in [0, 0.05) is 11.1 Å². The third-order valence-corrected chi connectivity index (χ3v) is 7.91. The molecule has 37 heavy (non-hydrogen) atoms. The van der Waals surface area contributed by atoms with Crippen molar-refractivity contribution in [2.45, 2.75) is 84.0 Å². The minimum absolute atomic E-state index is 0.110. The van der Waals surface area contributed by atoms with Gasteiger partial charge in [0.2, 0.25) is 0 Å². The van der Waals surface area contributed by atoms with Crippen LogP contribution in [0.4, 0.5) is 13.2 Å². The van der Waals surface area contributed by atoms with Gasteiger partial charge in [-0.2, -0.15) is 0 Å². The maximum Gasteiger partial charge on any atom is 0.166 e. The van der Waals surface area contributed by atoms with Crippen molar-refractivity contribution in [2.75, 3.05) is 0 Å². The summed E-state index contributed by atoms with van der Waals surface area (Å²) < 4.78 is 44.6. The van der Waals surface area contributed by atoms with E-state index < -0.39 is 11.6 Å². The highest BCUT2D eigenvalue weighted by Gasteiger charge is 2.25. The summed E-state index contributed by atoms with van der Waals surface area (Å²) >= 11 is 0. The van der Waals surface area contributed by atoms with E-state index in [-0.39, 0.29) is 17.3 Å². The normalized spacial score (nSPS) is 18.0. The Hall–Kier alpha value is -2.81. The molecule has 0 nitrogen and oxygen atoms in total. The van der Waals surface area contributed by atoms with E-state index in [0.717, 1.165) is 74.0 Å². The second kappa shape index (κ2) is 13.1. The van der Waals surface area contributed by atoms with Crippen LogP contribution in [-0.2, 0) is 6.42 Å². The summed E-state index contributed by atoms with van der Waals surface area (Å²) in [7, 11) is 0. The molecule has 0 N–H and O–H groups in total. The number of benzene rings is 3. The van der Waals surface area contributed by atoms with Gasteiger partial charge in [0.25, 0.3) is 0 Å². The molecule has 0 spiro atoms. The summed E-state index contributed by atoms with van der Waals surface area (Å²) in [6, 6.07) is 16.4. The molecule has 0 bridgehead atoms. The predicted molar refractivity (Wildman–Crippen MR) is 150 cm³/mol. The predicted octanol–water partition coefficient (Wildman–Crippen LogP) is 10.7. The second-order valence-electron chi connectivity index (χ2n) is 10.6. The van der Waals surface area contributed by atoms with Crippen molar-refractivity contribution in [3.05, 3.63) is 94.3 Å². The fourth-order valence-electron chi connectivity index (χ4n) is 5.68. The minimum atomic E-state index is -0.776. The molecule has 0 unspecified atom stereocenters. The van der Waals surface area contributed by atoms with Crippen molar-refractivity contribution < 1.29 is 13.2 Å². The van der Waals surface area contributed by atoms with Gasteiger partial charge in [-0.25, -0.2) is 13.2 Å². The van der Waals surface area contributed by atoms with Crippen molar-refractivity contribution in [1.29, 1.82) is 0 Å². The van der Waals surface area contributed by atoms with Crippen LogP contribution in [0.1, 0.15) is 99.8 Å². The Morgan fingerprint density at radius 1 is 0.757 bits per heavy atom. The highest BCUT2D eigenvalue weighted by molar-refractivity contribution is 5.72. The quantitative estimate of drug-likeness (QED) is 0.190. The average molecular weight is 505 g/mol. The summed E-state index contributed by atoms with van der Waals surface area (Å²) in [6.07, 6.45) is 14.1. The molecule has 1 aliphatic carbocycles. The molecule has 0 heterocycles. The van der Waals surface area contributed by atoms with E-state index in [1.54, 1.807) is 30.4 Å². The Balaban J connectivity index is 1.42. The first kappa shape index (κ1) is 27.2. The maximum absolute atomic E-state index is 15.0. The van der Waals surface area contributed by atoms with Crippen molar-refractivity contribution >= 4 is 12.2 Å². The third-order valence-electron chi connectivity index (χ3n) is 7.91. The monoisotopic (exact) mass is 504 g/mol. The molecule has 1 saturated carbocycles. The van der Waals surface area contributed by atoms with Crippen molar-refractivity contribution in [3.8, 4) is 11.1 Å². The number of halogens is 3. The Morgan fingerprint density at radius 3 is 2.19 bits per heavy atom. The number of rotatable bonds is 10. The highest BCUT2D eigenvalue weighted by Crippen LogP contribution is 2.39. The maximum atomic E-state index is 15.0. The molecule has 0 saturated heterocycles. The summed E-state index contributed by atoms with van der Waals surface area (Å²) in [6.45, 7) is 4.36. The number of unbranched alkanes of at least 4 members (excludes halogenated alkanes) is 2. The van der Waals surface area contributed by atoms with Gasteiger partial charge in [0.1, 0.15) is 5.82 Å². The third kappa shape index (κ3) is 6.94. The van der Waals surface area contributed by atoms with Gasteiger partial charge in [-0.05, 0) is 78.7 Å². The van der Waals surface area contributed by atoms with Crippen LogP contribution in [0.3, 0.4) is 0 Å². The van der Waals surface area contributed by atoms with E-state index >= 15 is 0 Å². The molecule has 0 radical (unpaired) electrons. The van der Waals surface area contributed by atoms with Crippen molar-refractivity contribution in [1.82, 2.24) is 0 Å². The first-order valence-corrected chi connectivity index (χ1v) is 14.0. The molecular weight excluding hydrogens is 465 g/mol. The highest BCUT2D eigenvalue weighted by atomic mass is 19.2. The fraction of sp³-hybridized carbons (Fsp3) is 0.412. The van der Waals surface area contributed by atoms with Gasteiger partial charge in [-0.1, -0.05) is 100 Å². The lowest BCUT2D eigenvalue weighted by Gasteiger charge is -2.29. The molecule has 0 aliphatic heterocycles. The number of hydrogen-bond acceptors (Lipinski definition) is 0. The standard InChI is InChI=1S/C34H39F3/c1-3-5-6-8-26-14-21-30(32(35)23-26)27-15-11-25(12-16-27)13-19-29-20-22-31(34(37)33(29)36)28-17-9-24(7-4-2)10-18-28/h11-16,19-24,28H,3-10,17-18H2,1-2H3. The van der Waals surface area contributed by atoms with E-state index in [1.165, 1.54) is 12.8 Å². The Labute approximate surface area is 220 Å². The van der Waals surface area contributed by atoms with Crippen LogP contribution >= 0.6 is 0 Å². The van der Waals surface area contributed by atoms with Gasteiger partial charge in [0.05, 0.1) is 0 Å². The molecule has 3 aromatic rings. The molecule has 4 rings (SSSR count). The van der Waals surface area contributed by atoms with Crippen LogP contribution in [0.15, 0.2) is 54.6 Å². The fourth-order valence-corrected chi connectivity index (χ4v) is 5.68. The van der Waals surface area contributed by atoms with Crippen LogP contribution in [0.25, 0.3) is 23.3 Å². The van der Waals surface area contributed by atoms with E-state index in [9.17, 15) is 13.2 Å². The second-order valence-corrected chi connectivity index (χ2v) is 10.6. The lowest BCUT2D eigenvalue weighted by Crippen LogP contribution is -2.15. The number of aryl methyl sites for hydroxylation is 1. The van der Waals surface area contributed by atoms with Crippen LogP contribution in [0.2, 0.25) is 0 Å². The van der Waals surface area contributed by atoms with Gasteiger partial charge in [-0.15, -0.1) is 0 Å². The molecule has 0 aromatic heterocycles. The molecular formula is C34H39F3. The summed E-state index contributed by atoms with van der Waals surface area (Å²) in [5.41, 5.74) is 4.01. The van der Waals surface area contributed by atoms with E-state index in [4.69, 9.17) is 0 Å². The SMILES string of the molecule is CCCCCc1ccc(-c2ccc(C=Cc3ccc(C4CCC(CCC)CC4)c(F)c3F)cc2)c(F)c1. The van der Waals surface area contributed by atoms with Gasteiger partial charge in [0.15, 0.2) is 11.6 Å². The van der Waals surface area contributed by atoms with Crippen molar-refractivity contribution in [2.24, 2.45) is 5.92 Å². The lowest BCUT2D eigenvalue weighted by atomic mass is 9.77. The Bertz CT molecular complexity index is 1180.